The molecule has 0 N–H and O–H groups in total. The van der Waals surface area contributed by atoms with Crippen LogP contribution in [0.5, 0.6) is 0 Å². The van der Waals surface area contributed by atoms with Crippen molar-refractivity contribution in [3.8, 4) is 0 Å². The second-order valence-corrected chi connectivity index (χ2v) is 9.78. The largest absolute Gasteiger partial charge is 0.456 e. The Morgan fingerprint density at radius 1 is 1.17 bits per heavy atom. The van der Waals surface area contributed by atoms with Crippen LogP contribution in [-0.2, 0) is 19.6 Å². The van der Waals surface area contributed by atoms with Gasteiger partial charge in [-0.25, -0.2) is 8.42 Å². The Labute approximate surface area is 174 Å². The molecule has 154 valence electrons. The van der Waals surface area contributed by atoms with Crippen LogP contribution in [0.15, 0.2) is 70.5 Å². The molecule has 0 bridgehead atoms. The number of carbonyl (C=O) groups is 1. The van der Waals surface area contributed by atoms with Crippen molar-refractivity contribution < 1.29 is 22.4 Å². The monoisotopic (exact) mass is 423 g/mol. The van der Waals surface area contributed by atoms with Crippen LogP contribution in [0, 0.1) is 6.92 Å². The standard InChI is InChI=1S/C23H21NO5S/c1-15-7-9-18(10-8-15)30(26,27)24-12-11-23(21(24)14-22(25)29-23)16(2)20-13-17-5-3-4-6-19(17)28-20/h3-10,13,21H,2,11-12,14H2,1H3/t21-,23+/m1/s1. The second-order valence-electron chi connectivity index (χ2n) is 7.89. The Kier molecular flexibility index (Phi) is 4.17. The fourth-order valence-electron chi connectivity index (χ4n) is 4.51. The van der Waals surface area contributed by atoms with Gasteiger partial charge in [-0.05, 0) is 31.2 Å². The van der Waals surface area contributed by atoms with Gasteiger partial charge in [-0.1, -0.05) is 42.5 Å². The highest BCUT2D eigenvalue weighted by atomic mass is 32.2. The summed E-state index contributed by atoms with van der Waals surface area (Å²) in [4.78, 5) is 12.5. The minimum absolute atomic E-state index is 0.00958. The van der Waals surface area contributed by atoms with Crippen molar-refractivity contribution in [2.24, 2.45) is 0 Å². The average molecular weight is 423 g/mol. The summed E-state index contributed by atoms with van der Waals surface area (Å²) in [5, 5.41) is 0.910. The van der Waals surface area contributed by atoms with E-state index in [9.17, 15) is 13.2 Å². The molecular formula is C23H21NO5S. The van der Waals surface area contributed by atoms with Gasteiger partial charge in [-0.15, -0.1) is 0 Å². The van der Waals surface area contributed by atoms with E-state index in [0.29, 0.717) is 23.3 Å². The zero-order valence-electron chi connectivity index (χ0n) is 16.5. The molecule has 3 heterocycles. The summed E-state index contributed by atoms with van der Waals surface area (Å²) < 4.78 is 39.8. The van der Waals surface area contributed by atoms with E-state index in [1.165, 1.54) is 4.31 Å². The smallest absolute Gasteiger partial charge is 0.308 e. The fraction of sp³-hybridized carbons (Fsp3) is 0.261. The first kappa shape index (κ1) is 19.1. The topological polar surface area (TPSA) is 76.8 Å². The minimum atomic E-state index is -3.78. The Morgan fingerprint density at radius 3 is 2.63 bits per heavy atom. The molecule has 0 aliphatic carbocycles. The van der Waals surface area contributed by atoms with E-state index < -0.39 is 27.6 Å². The van der Waals surface area contributed by atoms with Gasteiger partial charge in [0.15, 0.2) is 5.60 Å². The Hall–Kier alpha value is -2.90. The van der Waals surface area contributed by atoms with Gasteiger partial charge in [0.25, 0.3) is 0 Å². The third kappa shape index (κ3) is 2.73. The normalized spacial score (nSPS) is 24.2. The molecule has 30 heavy (non-hydrogen) atoms. The van der Waals surface area contributed by atoms with Crippen molar-refractivity contribution in [3.63, 3.8) is 0 Å². The fourth-order valence-corrected chi connectivity index (χ4v) is 6.17. The molecule has 6 nitrogen and oxygen atoms in total. The Bertz CT molecular complexity index is 1240. The SMILES string of the molecule is C=C(c1cc2ccccc2o1)[C@@]12CCN(S(=O)(=O)c3ccc(C)cc3)[C@@H]1CC(=O)O2. The highest BCUT2D eigenvalue weighted by Crippen LogP contribution is 2.49. The lowest BCUT2D eigenvalue weighted by molar-refractivity contribution is -0.144. The average Bonchev–Trinajstić information content (AvgIpc) is 3.38. The maximum absolute atomic E-state index is 13.3. The number of carbonyl (C=O) groups excluding carboxylic acids is 1. The second kappa shape index (κ2) is 6.55. The summed E-state index contributed by atoms with van der Waals surface area (Å²) in [6, 6.07) is 15.5. The zero-order chi connectivity index (χ0) is 21.1. The summed E-state index contributed by atoms with van der Waals surface area (Å²) in [5.74, 6) is 0.0755. The number of hydrogen-bond acceptors (Lipinski definition) is 5. The highest BCUT2D eigenvalue weighted by molar-refractivity contribution is 7.89. The third-order valence-electron chi connectivity index (χ3n) is 6.11. The van der Waals surface area contributed by atoms with Crippen molar-refractivity contribution in [3.05, 3.63) is 72.5 Å². The van der Waals surface area contributed by atoms with E-state index in [1.807, 2.05) is 37.3 Å². The predicted octanol–water partition coefficient (Wildman–Crippen LogP) is 3.90. The van der Waals surface area contributed by atoms with Crippen molar-refractivity contribution >= 4 is 32.5 Å². The summed E-state index contributed by atoms with van der Waals surface area (Å²) in [6.07, 6.45) is 0.328. The maximum atomic E-state index is 13.3. The summed E-state index contributed by atoms with van der Waals surface area (Å²) in [6.45, 7) is 6.32. The van der Waals surface area contributed by atoms with Gasteiger partial charge in [-0.3, -0.25) is 4.79 Å². The first-order chi connectivity index (χ1) is 14.3. The number of aryl methyl sites for hydroxylation is 1. The van der Waals surface area contributed by atoms with Gasteiger partial charge >= 0.3 is 5.97 Å². The lowest BCUT2D eigenvalue weighted by Gasteiger charge is -2.30. The number of ether oxygens (including phenoxy) is 1. The molecule has 0 amide bonds. The number of nitrogens with zero attached hydrogens (tertiary/aromatic N) is 1. The number of benzene rings is 2. The van der Waals surface area contributed by atoms with Gasteiger partial charge in [0.05, 0.1) is 17.4 Å². The molecule has 0 spiro atoms. The third-order valence-corrected chi connectivity index (χ3v) is 8.03. The van der Waals surface area contributed by atoms with Crippen molar-refractivity contribution in [2.45, 2.75) is 36.3 Å². The minimum Gasteiger partial charge on any atom is -0.456 e. The molecule has 2 atom stereocenters. The van der Waals surface area contributed by atoms with E-state index in [1.54, 1.807) is 24.3 Å². The van der Waals surface area contributed by atoms with Crippen molar-refractivity contribution in [1.29, 1.82) is 0 Å². The van der Waals surface area contributed by atoms with Crippen LogP contribution in [0.3, 0.4) is 0 Å². The molecule has 2 aromatic carbocycles. The molecule has 5 rings (SSSR count). The number of rotatable bonds is 4. The van der Waals surface area contributed by atoms with Crippen LogP contribution >= 0.6 is 0 Å². The molecule has 2 aliphatic heterocycles. The highest BCUT2D eigenvalue weighted by Gasteiger charge is 2.61. The number of furan rings is 1. The first-order valence-corrected chi connectivity index (χ1v) is 11.2. The number of para-hydroxylation sites is 1. The number of hydrogen-bond donors (Lipinski definition) is 0. The van der Waals surface area contributed by atoms with Crippen molar-refractivity contribution in [2.75, 3.05) is 6.54 Å². The van der Waals surface area contributed by atoms with Gasteiger partial charge in [0.1, 0.15) is 11.3 Å². The molecule has 0 unspecified atom stereocenters. The van der Waals surface area contributed by atoms with E-state index >= 15 is 0 Å². The summed E-state index contributed by atoms with van der Waals surface area (Å²) >= 11 is 0. The molecular weight excluding hydrogens is 402 g/mol. The maximum Gasteiger partial charge on any atom is 0.308 e. The first-order valence-electron chi connectivity index (χ1n) is 9.80. The van der Waals surface area contributed by atoms with Crippen LogP contribution in [-0.4, -0.2) is 36.9 Å². The predicted molar refractivity (Wildman–Crippen MR) is 112 cm³/mol. The van der Waals surface area contributed by atoms with Crippen LogP contribution in [0.25, 0.3) is 16.5 Å². The van der Waals surface area contributed by atoms with E-state index in [-0.39, 0.29) is 17.9 Å². The van der Waals surface area contributed by atoms with Gasteiger partial charge in [0.2, 0.25) is 10.0 Å². The molecule has 2 saturated heterocycles. The van der Waals surface area contributed by atoms with Crippen LogP contribution in [0.1, 0.15) is 24.2 Å². The lowest BCUT2D eigenvalue weighted by atomic mass is 9.86. The molecule has 0 radical (unpaired) electrons. The number of sulfonamides is 1. The lowest BCUT2D eigenvalue weighted by Crippen LogP contribution is -2.44. The van der Waals surface area contributed by atoms with E-state index in [0.717, 1.165) is 10.9 Å². The molecule has 2 fully saturated rings. The Morgan fingerprint density at radius 2 is 1.90 bits per heavy atom. The van der Waals surface area contributed by atoms with Gasteiger partial charge in [-0.2, -0.15) is 4.31 Å². The van der Waals surface area contributed by atoms with Gasteiger partial charge < -0.3 is 9.15 Å². The molecule has 7 heteroatoms. The molecule has 2 aliphatic rings. The quantitative estimate of drug-likeness (QED) is 0.595. The molecule has 1 aromatic heterocycles. The molecule has 0 saturated carbocycles. The van der Waals surface area contributed by atoms with Crippen LogP contribution < -0.4 is 0 Å². The summed E-state index contributed by atoms with van der Waals surface area (Å²) in [5.41, 5.74) is 1.05. The Balaban J connectivity index is 1.54. The van der Waals surface area contributed by atoms with E-state index in [4.69, 9.17) is 9.15 Å². The van der Waals surface area contributed by atoms with Crippen LogP contribution in [0.4, 0.5) is 0 Å². The van der Waals surface area contributed by atoms with E-state index in [2.05, 4.69) is 6.58 Å². The summed E-state index contributed by atoms with van der Waals surface area (Å²) in [7, 11) is -3.78. The molecule has 3 aromatic rings. The number of fused-ring (bicyclic) bond motifs is 2. The van der Waals surface area contributed by atoms with Crippen molar-refractivity contribution in [1.82, 2.24) is 4.31 Å². The van der Waals surface area contributed by atoms with Crippen LogP contribution in [0.2, 0.25) is 0 Å². The number of esters is 1. The van der Waals surface area contributed by atoms with Gasteiger partial charge in [0, 0.05) is 23.9 Å². The zero-order valence-corrected chi connectivity index (χ0v) is 17.3.